The molecule has 0 heterocycles. The number of hydrogen-bond donors (Lipinski definition) is 1. The number of nitro benzene ring substituents is 1. The van der Waals surface area contributed by atoms with Crippen molar-refractivity contribution >= 4 is 27.3 Å². The molecule has 104 valence electrons. The summed E-state index contributed by atoms with van der Waals surface area (Å²) >= 11 is 3.13. The van der Waals surface area contributed by atoms with Crippen LogP contribution in [0.15, 0.2) is 40.9 Å². The average Bonchev–Trinajstić information content (AvgIpc) is 2.39. The van der Waals surface area contributed by atoms with Gasteiger partial charge in [0.2, 0.25) is 5.82 Å². The normalized spacial score (nSPS) is 10.3. The lowest BCUT2D eigenvalue weighted by Gasteiger charge is -2.08. The highest BCUT2D eigenvalue weighted by atomic mass is 79.9. The first-order valence-electron chi connectivity index (χ1n) is 5.59. The molecule has 0 atom stereocenters. The maximum Gasteiger partial charge on any atom is 0.305 e. The van der Waals surface area contributed by atoms with Gasteiger partial charge in [-0.05, 0) is 18.2 Å². The van der Waals surface area contributed by atoms with Crippen LogP contribution in [0.4, 0.5) is 20.2 Å². The number of anilines is 1. The predicted molar refractivity (Wildman–Crippen MR) is 74.5 cm³/mol. The highest BCUT2D eigenvalue weighted by Gasteiger charge is 2.17. The van der Waals surface area contributed by atoms with Crippen LogP contribution in [0, 0.1) is 21.7 Å². The van der Waals surface area contributed by atoms with Crippen molar-refractivity contribution in [2.45, 2.75) is 6.54 Å². The Morgan fingerprint density at radius 1 is 1.25 bits per heavy atom. The van der Waals surface area contributed by atoms with E-state index < -0.39 is 22.2 Å². The second-order valence-electron chi connectivity index (χ2n) is 3.99. The molecule has 0 aliphatic carbocycles. The highest BCUT2D eigenvalue weighted by molar-refractivity contribution is 9.10. The van der Waals surface area contributed by atoms with Gasteiger partial charge in [0.05, 0.1) is 10.6 Å². The molecular formula is C13H9BrF2N2O2. The zero-order valence-electron chi connectivity index (χ0n) is 10.1. The van der Waals surface area contributed by atoms with Crippen molar-refractivity contribution in [3.8, 4) is 0 Å². The van der Waals surface area contributed by atoms with Crippen LogP contribution in [0.5, 0.6) is 0 Å². The molecule has 2 rings (SSSR count). The fraction of sp³-hybridized carbons (Fsp3) is 0.0769. The molecule has 0 saturated carbocycles. The van der Waals surface area contributed by atoms with Gasteiger partial charge in [-0.25, -0.2) is 4.39 Å². The first-order chi connectivity index (χ1) is 9.49. The van der Waals surface area contributed by atoms with E-state index in [0.29, 0.717) is 4.47 Å². The van der Waals surface area contributed by atoms with E-state index in [-0.39, 0.29) is 17.8 Å². The number of halogens is 3. The van der Waals surface area contributed by atoms with Gasteiger partial charge in [-0.3, -0.25) is 10.1 Å². The van der Waals surface area contributed by atoms with Crippen molar-refractivity contribution in [2.24, 2.45) is 0 Å². The van der Waals surface area contributed by atoms with Crippen LogP contribution in [-0.2, 0) is 6.54 Å². The summed E-state index contributed by atoms with van der Waals surface area (Å²) in [5.41, 5.74) is -0.304. The molecule has 0 amide bonds. The van der Waals surface area contributed by atoms with E-state index in [1.165, 1.54) is 24.3 Å². The number of nitrogens with zero attached hydrogens (tertiary/aromatic N) is 1. The first-order valence-corrected chi connectivity index (χ1v) is 6.39. The van der Waals surface area contributed by atoms with Crippen molar-refractivity contribution < 1.29 is 13.7 Å². The van der Waals surface area contributed by atoms with Crippen LogP contribution in [0.25, 0.3) is 0 Å². The first kappa shape index (κ1) is 14.4. The quantitative estimate of drug-likeness (QED) is 0.667. The fourth-order valence-electron chi connectivity index (χ4n) is 1.67. The number of hydrogen-bond acceptors (Lipinski definition) is 3. The van der Waals surface area contributed by atoms with Crippen LogP contribution < -0.4 is 5.32 Å². The molecule has 0 bridgehead atoms. The molecule has 0 unspecified atom stereocenters. The molecule has 0 spiro atoms. The minimum Gasteiger partial charge on any atom is -0.378 e. The summed E-state index contributed by atoms with van der Waals surface area (Å²) < 4.78 is 28.0. The van der Waals surface area contributed by atoms with E-state index in [0.717, 1.165) is 6.07 Å². The summed E-state index contributed by atoms with van der Waals surface area (Å²) in [5.74, 6) is -1.41. The van der Waals surface area contributed by atoms with Crippen LogP contribution in [0.3, 0.4) is 0 Å². The maximum atomic E-state index is 13.8. The molecule has 1 N–H and O–H groups in total. The smallest absolute Gasteiger partial charge is 0.305 e. The number of benzene rings is 2. The topological polar surface area (TPSA) is 55.2 Å². The van der Waals surface area contributed by atoms with E-state index >= 15 is 0 Å². The van der Waals surface area contributed by atoms with Gasteiger partial charge in [0.1, 0.15) is 5.82 Å². The Kier molecular flexibility index (Phi) is 4.29. The number of nitro groups is 1. The summed E-state index contributed by atoms with van der Waals surface area (Å²) in [7, 11) is 0. The van der Waals surface area contributed by atoms with Crippen molar-refractivity contribution in [3.05, 3.63) is 68.2 Å². The third-order valence-electron chi connectivity index (χ3n) is 2.66. The van der Waals surface area contributed by atoms with E-state index in [9.17, 15) is 18.9 Å². The molecule has 2 aromatic rings. The van der Waals surface area contributed by atoms with Crippen LogP contribution >= 0.6 is 15.9 Å². The molecular weight excluding hydrogens is 334 g/mol. The monoisotopic (exact) mass is 342 g/mol. The molecule has 0 aliphatic heterocycles. The Morgan fingerprint density at radius 2 is 2.00 bits per heavy atom. The van der Waals surface area contributed by atoms with Crippen molar-refractivity contribution in [2.75, 3.05) is 5.32 Å². The van der Waals surface area contributed by atoms with Crippen LogP contribution in [0.1, 0.15) is 5.56 Å². The zero-order valence-corrected chi connectivity index (χ0v) is 11.7. The van der Waals surface area contributed by atoms with Gasteiger partial charge < -0.3 is 5.32 Å². The number of nitrogens with one attached hydrogen (secondary N) is 1. The molecule has 4 nitrogen and oxygen atoms in total. The molecule has 0 saturated heterocycles. The Bertz CT molecular complexity index is 665. The molecule has 20 heavy (non-hydrogen) atoms. The number of rotatable bonds is 4. The molecule has 0 aliphatic rings. The lowest BCUT2D eigenvalue weighted by atomic mass is 10.2. The summed E-state index contributed by atoms with van der Waals surface area (Å²) in [5, 5.41) is 13.3. The highest BCUT2D eigenvalue weighted by Crippen LogP contribution is 2.23. The third-order valence-corrected chi connectivity index (χ3v) is 3.15. The van der Waals surface area contributed by atoms with Gasteiger partial charge in [-0.2, -0.15) is 4.39 Å². The molecule has 0 aromatic heterocycles. The minimum absolute atomic E-state index is 0.0495. The van der Waals surface area contributed by atoms with E-state index in [4.69, 9.17) is 0 Å². The standard InChI is InChI=1S/C13H9BrF2N2O2/c14-9-4-5-11(10(15)6-9)17-7-8-2-1-3-12(13(8)16)18(19)20/h1-6,17H,7H2. The van der Waals surface area contributed by atoms with Crippen LogP contribution in [0.2, 0.25) is 0 Å². The molecule has 7 heteroatoms. The Labute approximate surface area is 121 Å². The lowest BCUT2D eigenvalue weighted by Crippen LogP contribution is -2.05. The SMILES string of the molecule is O=[N+]([O-])c1cccc(CNc2ccc(Br)cc2F)c1F. The largest absolute Gasteiger partial charge is 0.378 e. The van der Waals surface area contributed by atoms with E-state index in [1.54, 1.807) is 6.07 Å². The van der Waals surface area contributed by atoms with Crippen molar-refractivity contribution in [1.82, 2.24) is 0 Å². The van der Waals surface area contributed by atoms with Crippen LogP contribution in [-0.4, -0.2) is 4.92 Å². The summed E-state index contributed by atoms with van der Waals surface area (Å²) in [6.07, 6.45) is 0. The van der Waals surface area contributed by atoms with Crippen molar-refractivity contribution in [3.63, 3.8) is 0 Å². The van der Waals surface area contributed by atoms with Gasteiger partial charge in [0.15, 0.2) is 0 Å². The second-order valence-corrected chi connectivity index (χ2v) is 4.90. The fourth-order valence-corrected chi connectivity index (χ4v) is 2.00. The summed E-state index contributed by atoms with van der Waals surface area (Å²) in [4.78, 5) is 9.83. The second kappa shape index (κ2) is 5.96. The van der Waals surface area contributed by atoms with E-state index in [2.05, 4.69) is 21.2 Å². The molecule has 0 radical (unpaired) electrons. The Morgan fingerprint density at radius 3 is 2.65 bits per heavy atom. The van der Waals surface area contributed by atoms with Crippen molar-refractivity contribution in [1.29, 1.82) is 0 Å². The van der Waals surface area contributed by atoms with Gasteiger partial charge in [-0.1, -0.05) is 28.1 Å². The summed E-state index contributed by atoms with van der Waals surface area (Å²) in [6, 6.07) is 8.28. The predicted octanol–water partition coefficient (Wildman–Crippen LogP) is 4.25. The van der Waals surface area contributed by atoms with Gasteiger partial charge in [0.25, 0.3) is 0 Å². The third kappa shape index (κ3) is 3.11. The Hall–Kier alpha value is -2.02. The van der Waals surface area contributed by atoms with E-state index in [1.807, 2.05) is 0 Å². The lowest BCUT2D eigenvalue weighted by molar-refractivity contribution is -0.387. The van der Waals surface area contributed by atoms with Gasteiger partial charge >= 0.3 is 5.69 Å². The summed E-state index contributed by atoms with van der Waals surface area (Å²) in [6.45, 7) is -0.0495. The molecule has 2 aromatic carbocycles. The average molecular weight is 343 g/mol. The van der Waals surface area contributed by atoms with Gasteiger partial charge in [-0.15, -0.1) is 0 Å². The van der Waals surface area contributed by atoms with Gasteiger partial charge in [0, 0.05) is 22.6 Å². The Balaban J connectivity index is 2.19. The molecule has 0 fully saturated rings. The maximum absolute atomic E-state index is 13.8. The zero-order chi connectivity index (χ0) is 14.7. The minimum atomic E-state index is -0.914.